The van der Waals surface area contributed by atoms with Crippen molar-refractivity contribution in [2.75, 3.05) is 13.1 Å². The highest BCUT2D eigenvalue weighted by Crippen LogP contribution is 2.65. The van der Waals surface area contributed by atoms with E-state index in [1.54, 1.807) is 6.07 Å². The van der Waals surface area contributed by atoms with Gasteiger partial charge in [-0.1, -0.05) is 36.4 Å². The number of Topliss-reactive ketones (excluding diaryl/α,β-unsaturated/α-hetero) is 1. The fourth-order valence-corrected chi connectivity index (χ4v) is 7.06. The lowest BCUT2D eigenvalue weighted by atomic mass is 9.48. The van der Waals surface area contributed by atoms with Gasteiger partial charge in [0.1, 0.15) is 0 Å². The van der Waals surface area contributed by atoms with Crippen LogP contribution in [0.4, 0.5) is 0 Å². The average molecular weight is 465 g/mol. The molecule has 5 nitrogen and oxygen atoms in total. The van der Waals surface area contributed by atoms with Crippen LogP contribution >= 0.6 is 0 Å². The minimum Gasteiger partial charge on any atom is -1.00 e. The van der Waals surface area contributed by atoms with Gasteiger partial charge in [-0.2, -0.15) is 0 Å². The van der Waals surface area contributed by atoms with E-state index >= 15 is 0 Å². The van der Waals surface area contributed by atoms with Gasteiger partial charge >= 0.3 is 0 Å². The number of phenols is 1. The molecule has 2 saturated carbocycles. The summed E-state index contributed by atoms with van der Waals surface area (Å²) in [6.07, 6.45) is 5.37. The number of aromatic hydroxyl groups is 1. The minimum absolute atomic E-state index is 0. The Morgan fingerprint density at radius 3 is 2.70 bits per heavy atom. The van der Waals surface area contributed by atoms with Crippen LogP contribution in [-0.4, -0.2) is 51.7 Å². The van der Waals surface area contributed by atoms with E-state index in [4.69, 9.17) is 4.74 Å². The zero-order valence-electron chi connectivity index (χ0n) is 18.3. The van der Waals surface area contributed by atoms with Crippen LogP contribution in [0, 0.1) is 5.92 Å². The topological polar surface area (TPSA) is 70.0 Å². The zero-order valence-corrected chi connectivity index (χ0v) is 19.1. The van der Waals surface area contributed by atoms with Crippen molar-refractivity contribution >= 4 is 11.9 Å². The summed E-state index contributed by atoms with van der Waals surface area (Å²) in [6.45, 7) is 1.86. The van der Waals surface area contributed by atoms with E-state index in [9.17, 15) is 15.0 Å². The molecule has 3 fully saturated rings. The second kappa shape index (κ2) is 7.08. The van der Waals surface area contributed by atoms with Crippen molar-refractivity contribution < 1.29 is 32.2 Å². The van der Waals surface area contributed by atoms with Gasteiger partial charge in [0.05, 0.1) is 11.0 Å². The minimum atomic E-state index is -1.11. The van der Waals surface area contributed by atoms with E-state index < -0.39 is 17.1 Å². The summed E-state index contributed by atoms with van der Waals surface area (Å²) in [5, 5.41) is 23.2. The van der Waals surface area contributed by atoms with Gasteiger partial charge in [-0.05, 0) is 61.4 Å². The second-order valence-corrected chi connectivity index (χ2v) is 10.4. The third kappa shape index (κ3) is 2.70. The molecule has 0 radical (unpaired) electrons. The maximum absolute atomic E-state index is 13.8. The number of carbonyl (C=O) groups is 1. The number of ketones is 1. The average Bonchev–Trinajstić information content (AvgIpc) is 3.52. The quantitative estimate of drug-likeness (QED) is 0.636. The van der Waals surface area contributed by atoms with E-state index in [2.05, 4.69) is 4.90 Å². The molecular formula is C27H27ClNO4-. The molecule has 1 unspecified atom stereocenters. The monoisotopic (exact) mass is 464 g/mol. The number of carbonyl (C=O) groups excluding carboxylic acids is 1. The van der Waals surface area contributed by atoms with E-state index in [1.165, 1.54) is 12.8 Å². The van der Waals surface area contributed by atoms with Gasteiger partial charge in [0.25, 0.3) is 0 Å². The predicted octanol–water partition coefficient (Wildman–Crippen LogP) is 0.223. The van der Waals surface area contributed by atoms with Crippen LogP contribution < -0.4 is 17.1 Å². The molecule has 2 N–H and O–H groups in total. The van der Waals surface area contributed by atoms with Crippen LogP contribution in [0.1, 0.15) is 42.4 Å². The Morgan fingerprint density at radius 2 is 1.94 bits per heavy atom. The van der Waals surface area contributed by atoms with E-state index in [0.29, 0.717) is 24.2 Å². The summed E-state index contributed by atoms with van der Waals surface area (Å²) in [5.41, 5.74) is 1.67. The molecule has 4 atom stereocenters. The number of rotatable bonds is 3. The number of benzene rings is 2. The number of aliphatic hydroxyl groups is 1. The molecule has 2 aromatic carbocycles. The summed E-state index contributed by atoms with van der Waals surface area (Å²) in [7, 11) is 0. The highest BCUT2D eigenvalue weighted by Gasteiger charge is 2.74. The largest absolute Gasteiger partial charge is 1.00 e. The standard InChI is InChI=1S/C27H27NO4.ClH/c29-20-9-8-18-13-21-27(31)14-19(12-16-4-2-1-3-5-16)23(30)25-26(27,22(18)24(20)32-25)10-11-28(21)15-17-6-7-17;/h1-5,8-9,12,17,21,25,29,31H,6-7,10-11,13-15H2;1H/p-1/b19-12+;/t21-,25?,26+,27-;/m1./s1. The molecule has 3 aliphatic carbocycles. The third-order valence-electron chi connectivity index (χ3n) is 8.67. The van der Waals surface area contributed by atoms with Gasteiger partial charge in [-0.25, -0.2) is 0 Å². The summed E-state index contributed by atoms with van der Waals surface area (Å²) >= 11 is 0. The van der Waals surface area contributed by atoms with Gasteiger partial charge in [-0.3, -0.25) is 9.69 Å². The van der Waals surface area contributed by atoms with E-state index in [0.717, 1.165) is 42.1 Å². The number of nitrogens with zero attached hydrogens (tertiary/aromatic N) is 1. The van der Waals surface area contributed by atoms with Crippen molar-refractivity contribution in [3.8, 4) is 11.5 Å². The lowest BCUT2D eigenvalue weighted by molar-refractivity contribution is -0.179. The van der Waals surface area contributed by atoms with Gasteiger partial charge in [0.2, 0.25) is 0 Å². The zero-order chi connectivity index (χ0) is 21.7. The number of hydrogen-bond donors (Lipinski definition) is 2. The lowest BCUT2D eigenvalue weighted by Crippen LogP contribution is -3.00. The normalized spacial score (nSPS) is 35.1. The molecule has 33 heavy (non-hydrogen) atoms. The maximum Gasteiger partial charge on any atom is 0.200 e. The molecule has 172 valence electrons. The first-order valence-electron chi connectivity index (χ1n) is 11.8. The Morgan fingerprint density at radius 1 is 1.15 bits per heavy atom. The molecular weight excluding hydrogens is 438 g/mol. The van der Waals surface area contributed by atoms with Crippen LogP contribution in [0.3, 0.4) is 0 Å². The molecule has 2 bridgehead atoms. The Kier molecular flexibility index (Phi) is 4.55. The number of hydrogen-bond acceptors (Lipinski definition) is 5. The summed E-state index contributed by atoms with van der Waals surface area (Å²) in [5.74, 6) is 1.14. The number of ether oxygens (including phenoxy) is 1. The molecule has 0 aromatic heterocycles. The van der Waals surface area contributed by atoms with Crippen molar-refractivity contribution in [1.29, 1.82) is 0 Å². The molecule has 7 rings (SSSR count). The molecule has 6 heteroatoms. The Bertz CT molecular complexity index is 1180. The van der Waals surface area contributed by atoms with E-state index in [1.807, 2.05) is 42.5 Å². The Hall–Kier alpha value is -2.34. The SMILES string of the molecule is O=C1/C(=C/c2ccccc2)C[C@@]2(O)[C@H]3Cc4ccc(O)c5c4[C@@]2(CCN3CC2CC2)C1O5.[Cl-]. The van der Waals surface area contributed by atoms with Gasteiger partial charge < -0.3 is 27.4 Å². The first-order valence-corrected chi connectivity index (χ1v) is 11.8. The highest BCUT2D eigenvalue weighted by atomic mass is 35.5. The van der Waals surface area contributed by atoms with Crippen molar-refractivity contribution in [2.24, 2.45) is 5.92 Å². The molecule has 2 heterocycles. The van der Waals surface area contributed by atoms with Crippen LogP contribution in [0.5, 0.6) is 11.5 Å². The fraction of sp³-hybridized carbons (Fsp3) is 0.444. The maximum atomic E-state index is 13.8. The summed E-state index contributed by atoms with van der Waals surface area (Å²) in [6, 6.07) is 13.4. The number of phenolic OH excluding ortho intramolecular Hbond substituents is 1. The van der Waals surface area contributed by atoms with Crippen LogP contribution in [0.2, 0.25) is 0 Å². The molecule has 0 amide bonds. The number of likely N-dealkylation sites (tertiary alicyclic amines) is 1. The van der Waals surface area contributed by atoms with Crippen LogP contribution in [0.25, 0.3) is 6.08 Å². The molecule has 2 aromatic rings. The Balaban J connectivity index is 0.00000206. The fourth-order valence-electron chi connectivity index (χ4n) is 7.06. The first-order chi connectivity index (χ1) is 15.5. The van der Waals surface area contributed by atoms with E-state index in [-0.39, 0.29) is 30.0 Å². The molecule has 2 aliphatic heterocycles. The third-order valence-corrected chi connectivity index (χ3v) is 8.67. The summed E-state index contributed by atoms with van der Waals surface area (Å²) < 4.78 is 6.26. The molecule has 1 saturated heterocycles. The lowest BCUT2D eigenvalue weighted by Gasteiger charge is -2.62. The first kappa shape index (κ1) is 21.2. The van der Waals surface area contributed by atoms with Crippen molar-refractivity contribution in [2.45, 2.75) is 55.3 Å². The van der Waals surface area contributed by atoms with Crippen molar-refractivity contribution in [3.05, 3.63) is 64.7 Å². The number of halogens is 1. The van der Waals surface area contributed by atoms with Gasteiger partial charge in [0.15, 0.2) is 23.4 Å². The molecule has 1 spiro atoms. The smallest absolute Gasteiger partial charge is 0.200 e. The van der Waals surface area contributed by atoms with Crippen LogP contribution in [-0.2, 0) is 16.6 Å². The number of piperidine rings is 1. The Labute approximate surface area is 199 Å². The second-order valence-electron chi connectivity index (χ2n) is 10.4. The van der Waals surface area contributed by atoms with Gasteiger partial charge in [0, 0.05) is 30.1 Å². The van der Waals surface area contributed by atoms with Crippen molar-refractivity contribution in [1.82, 2.24) is 4.90 Å². The summed E-state index contributed by atoms with van der Waals surface area (Å²) in [4.78, 5) is 16.3. The van der Waals surface area contributed by atoms with Crippen molar-refractivity contribution in [3.63, 3.8) is 0 Å². The highest BCUT2D eigenvalue weighted by molar-refractivity contribution is 6.06. The van der Waals surface area contributed by atoms with Crippen LogP contribution in [0.15, 0.2) is 48.0 Å². The van der Waals surface area contributed by atoms with Gasteiger partial charge in [-0.15, -0.1) is 0 Å². The predicted molar refractivity (Wildman–Crippen MR) is 120 cm³/mol. The molecule has 5 aliphatic rings.